The van der Waals surface area contributed by atoms with Crippen molar-refractivity contribution in [3.8, 4) is 0 Å². The van der Waals surface area contributed by atoms with Gasteiger partial charge >= 0.3 is 0 Å². The molecular weight excluding hydrogens is 260 g/mol. The van der Waals surface area contributed by atoms with Gasteiger partial charge in [0.2, 0.25) is 0 Å². The third-order valence-electron chi connectivity index (χ3n) is 0.873. The Hall–Kier alpha value is 0.420. The molecule has 0 saturated heterocycles. The van der Waals surface area contributed by atoms with Crippen LogP contribution in [0.1, 0.15) is 0 Å². The van der Waals surface area contributed by atoms with Gasteiger partial charge in [-0.3, -0.25) is 0 Å². The summed E-state index contributed by atoms with van der Waals surface area (Å²) in [5, 5.41) is 3.29. The van der Waals surface area contributed by atoms with E-state index in [4.69, 9.17) is 10.7 Å². The first-order chi connectivity index (χ1) is 4.50. The van der Waals surface area contributed by atoms with Crippen molar-refractivity contribution >= 4 is 43.4 Å². The molecule has 0 aliphatic carbocycles. The van der Waals surface area contributed by atoms with Crippen molar-refractivity contribution < 1.29 is 8.42 Å². The monoisotopic (exact) mass is 261 g/mol. The van der Waals surface area contributed by atoms with Crippen LogP contribution in [-0.2, 0) is 9.05 Å². The van der Waals surface area contributed by atoms with E-state index < -0.39 is 9.05 Å². The van der Waals surface area contributed by atoms with Crippen LogP contribution in [0.2, 0.25) is 0 Å². The first-order valence-electron chi connectivity index (χ1n) is 2.23. The third-order valence-corrected chi connectivity index (χ3v) is 4.46. The summed E-state index contributed by atoms with van der Waals surface area (Å²) in [4.78, 5) is 0.175. The molecule has 1 aromatic heterocycles. The van der Waals surface area contributed by atoms with Crippen molar-refractivity contribution in [2.75, 3.05) is 0 Å². The second-order valence-corrected chi connectivity index (χ2v) is 7.52. The van der Waals surface area contributed by atoms with Crippen LogP contribution in [-0.4, -0.2) is 8.42 Å². The molecular formula is C4H3BrClO2S2+. The molecule has 1 unspecified atom stereocenters. The molecule has 0 aromatic carbocycles. The van der Waals surface area contributed by atoms with E-state index in [-0.39, 0.29) is 13.8 Å². The average Bonchev–Trinajstić information content (AvgIpc) is 2.11. The third kappa shape index (κ3) is 1.95. The number of hydrogen-bond acceptors (Lipinski definition) is 2. The second kappa shape index (κ2) is 2.81. The van der Waals surface area contributed by atoms with E-state index >= 15 is 0 Å². The van der Waals surface area contributed by atoms with Crippen LogP contribution in [0.5, 0.6) is 0 Å². The molecule has 56 valence electrons. The Balaban J connectivity index is 3.21. The lowest BCUT2D eigenvalue weighted by Crippen LogP contribution is -1.84. The van der Waals surface area contributed by atoms with Crippen LogP contribution in [0, 0.1) is 0 Å². The van der Waals surface area contributed by atoms with Crippen molar-refractivity contribution in [3.05, 3.63) is 16.8 Å². The van der Waals surface area contributed by atoms with Gasteiger partial charge in [-0.15, -0.1) is 0 Å². The van der Waals surface area contributed by atoms with E-state index in [0.29, 0.717) is 0 Å². The smallest absolute Gasteiger partial charge is 0.207 e. The second-order valence-electron chi connectivity index (χ2n) is 1.58. The molecule has 0 radical (unpaired) electrons. The van der Waals surface area contributed by atoms with Gasteiger partial charge in [0.1, 0.15) is 4.90 Å². The molecule has 0 aliphatic rings. The Kier molecular flexibility index (Phi) is 2.39. The fraction of sp³-hybridized carbons (Fsp3) is 0. The fourth-order valence-corrected chi connectivity index (χ4v) is 3.98. The van der Waals surface area contributed by atoms with Gasteiger partial charge in [0.15, 0.2) is 10.8 Å². The van der Waals surface area contributed by atoms with Gasteiger partial charge in [0, 0.05) is 16.7 Å². The van der Waals surface area contributed by atoms with Crippen molar-refractivity contribution in [3.63, 3.8) is 0 Å². The van der Waals surface area contributed by atoms with Crippen LogP contribution >= 0.6 is 34.4 Å². The molecule has 1 aromatic rings. The summed E-state index contributed by atoms with van der Waals surface area (Å²) < 4.78 is 21.2. The summed E-state index contributed by atoms with van der Waals surface area (Å²) in [6.45, 7) is 0. The van der Waals surface area contributed by atoms with Crippen molar-refractivity contribution in [1.82, 2.24) is 0 Å². The predicted octanol–water partition coefficient (Wildman–Crippen LogP) is 2.52. The zero-order valence-corrected chi connectivity index (χ0v) is 8.60. The standard InChI is InChI=1S/C4H3BrClO2S2/c5-9-2-1-4(3-9)10(6,7)8/h1-3H/q+1. The van der Waals surface area contributed by atoms with Gasteiger partial charge in [-0.1, -0.05) is 0 Å². The molecule has 0 saturated carbocycles. The molecule has 0 bridgehead atoms. The summed E-state index contributed by atoms with van der Waals surface area (Å²) in [5.41, 5.74) is 0. The number of halogens is 2. The largest absolute Gasteiger partial charge is 0.268 e. The number of thiophene rings is 1. The molecule has 1 rings (SSSR count). The molecule has 1 heterocycles. The maximum absolute atomic E-state index is 10.6. The zero-order chi connectivity index (χ0) is 7.78. The molecule has 10 heavy (non-hydrogen) atoms. The Morgan fingerprint density at radius 3 is 2.40 bits per heavy atom. The molecule has 0 fully saturated rings. The van der Waals surface area contributed by atoms with Gasteiger partial charge in [-0.05, 0) is 0 Å². The van der Waals surface area contributed by atoms with Crippen LogP contribution in [0.15, 0.2) is 21.7 Å². The van der Waals surface area contributed by atoms with Gasteiger partial charge in [-0.2, -0.15) is 0 Å². The average molecular weight is 263 g/mol. The molecule has 2 nitrogen and oxygen atoms in total. The van der Waals surface area contributed by atoms with E-state index in [9.17, 15) is 8.42 Å². The van der Waals surface area contributed by atoms with Gasteiger partial charge < -0.3 is 0 Å². The Morgan fingerprint density at radius 1 is 1.60 bits per heavy atom. The molecule has 6 heteroatoms. The summed E-state index contributed by atoms with van der Waals surface area (Å²) in [6, 6.07) is 1.49. The lowest BCUT2D eigenvalue weighted by atomic mass is 10.7. The van der Waals surface area contributed by atoms with Crippen molar-refractivity contribution in [1.29, 1.82) is 0 Å². The topological polar surface area (TPSA) is 34.1 Å². The number of rotatable bonds is 1. The molecule has 0 spiro atoms. The molecule has 0 N–H and O–H groups in total. The summed E-state index contributed by atoms with van der Waals surface area (Å²) in [6.07, 6.45) is 0. The summed E-state index contributed by atoms with van der Waals surface area (Å²) >= 11 is 3.21. The summed E-state index contributed by atoms with van der Waals surface area (Å²) in [5.74, 6) is 0. The minimum Gasteiger partial charge on any atom is -0.207 e. The van der Waals surface area contributed by atoms with Gasteiger partial charge in [0.25, 0.3) is 23.9 Å². The Bertz CT molecular complexity index is 329. The van der Waals surface area contributed by atoms with E-state index in [2.05, 4.69) is 14.8 Å². The van der Waals surface area contributed by atoms with Gasteiger partial charge in [-0.25, -0.2) is 8.42 Å². The van der Waals surface area contributed by atoms with Crippen LogP contribution in [0.25, 0.3) is 0 Å². The minimum atomic E-state index is -3.51. The van der Waals surface area contributed by atoms with Crippen LogP contribution in [0.3, 0.4) is 0 Å². The first kappa shape index (κ1) is 8.52. The van der Waals surface area contributed by atoms with Crippen LogP contribution in [0.4, 0.5) is 0 Å². The SMILES string of the molecule is O=S(=O)(Cl)c1cc[s+](Br)c1. The van der Waals surface area contributed by atoms with E-state index in [1.165, 1.54) is 6.07 Å². The highest BCUT2D eigenvalue weighted by Crippen LogP contribution is 2.30. The van der Waals surface area contributed by atoms with E-state index in [0.717, 1.165) is 0 Å². The molecule has 0 amide bonds. The lowest BCUT2D eigenvalue weighted by molar-refractivity contribution is 0.610. The fourth-order valence-electron chi connectivity index (χ4n) is 0.460. The number of hydrogen-bond donors (Lipinski definition) is 0. The normalized spacial score (nSPS) is 13.6. The quantitative estimate of drug-likeness (QED) is 0.576. The Labute approximate surface area is 73.4 Å². The Morgan fingerprint density at radius 2 is 2.20 bits per heavy atom. The van der Waals surface area contributed by atoms with E-state index in [1.807, 2.05) is 0 Å². The van der Waals surface area contributed by atoms with Gasteiger partial charge in [0.05, 0.1) is 8.90 Å². The predicted molar refractivity (Wildman–Crippen MR) is 46.3 cm³/mol. The minimum absolute atomic E-state index is 0.175. The maximum Gasteiger partial charge on any atom is 0.268 e. The van der Waals surface area contributed by atoms with E-state index in [1.54, 1.807) is 10.8 Å². The first-order valence-corrected chi connectivity index (χ1v) is 7.73. The van der Waals surface area contributed by atoms with Crippen molar-refractivity contribution in [2.24, 2.45) is 0 Å². The van der Waals surface area contributed by atoms with Crippen molar-refractivity contribution in [2.45, 2.75) is 4.90 Å². The maximum atomic E-state index is 10.6. The highest BCUT2D eigenvalue weighted by molar-refractivity contribution is 9.34. The summed E-state index contributed by atoms with van der Waals surface area (Å²) in [7, 11) is 1.29. The highest BCUT2D eigenvalue weighted by Gasteiger charge is 2.15. The highest BCUT2D eigenvalue weighted by atomic mass is 79.9. The molecule has 0 aliphatic heterocycles. The zero-order valence-electron chi connectivity index (χ0n) is 4.62. The lowest BCUT2D eigenvalue weighted by Gasteiger charge is -1.80. The van der Waals surface area contributed by atoms with Crippen LogP contribution < -0.4 is 0 Å². The molecule has 1 atom stereocenters.